The van der Waals surface area contributed by atoms with Gasteiger partial charge in [0.05, 0.1) is 10.6 Å². The summed E-state index contributed by atoms with van der Waals surface area (Å²) in [5.74, 6) is 0.829. The molecule has 4 heterocycles. The summed E-state index contributed by atoms with van der Waals surface area (Å²) < 4.78 is 2.73. The molecular weight excluding hydrogens is 385 g/mol. The number of thiophene rings is 1. The third-order valence-electron chi connectivity index (χ3n) is 3.55. The van der Waals surface area contributed by atoms with Gasteiger partial charge in [-0.3, -0.25) is 4.98 Å². The minimum Gasteiger partial charge on any atom is -0.366 e. The SMILES string of the molecule is [B]c1cnn2c(NCc3cccnc3)cc(-c3sccc3Br)nc12. The molecule has 0 spiro atoms. The molecule has 4 aromatic heterocycles. The highest BCUT2D eigenvalue weighted by atomic mass is 79.9. The molecule has 0 aromatic carbocycles. The number of fused-ring (bicyclic) bond motifs is 1. The van der Waals surface area contributed by atoms with E-state index in [0.29, 0.717) is 17.7 Å². The van der Waals surface area contributed by atoms with Crippen molar-refractivity contribution in [1.82, 2.24) is 19.6 Å². The fraction of sp³-hybridized carbons (Fsp3) is 0.0625. The van der Waals surface area contributed by atoms with E-state index in [4.69, 9.17) is 7.85 Å². The minimum absolute atomic E-state index is 0.550. The molecule has 4 aromatic rings. The van der Waals surface area contributed by atoms with Crippen LogP contribution < -0.4 is 10.8 Å². The first-order chi connectivity index (χ1) is 11.7. The van der Waals surface area contributed by atoms with E-state index in [-0.39, 0.29) is 0 Å². The summed E-state index contributed by atoms with van der Waals surface area (Å²) in [5.41, 5.74) is 3.13. The van der Waals surface area contributed by atoms with Crippen molar-refractivity contribution in [3.63, 3.8) is 0 Å². The molecule has 0 unspecified atom stereocenters. The lowest BCUT2D eigenvalue weighted by atomic mass is 10.0. The van der Waals surface area contributed by atoms with Crippen molar-refractivity contribution in [3.05, 3.63) is 58.3 Å². The first-order valence-electron chi connectivity index (χ1n) is 7.23. The monoisotopic (exact) mass is 395 g/mol. The number of pyridine rings is 1. The topological polar surface area (TPSA) is 55.1 Å². The summed E-state index contributed by atoms with van der Waals surface area (Å²) >= 11 is 5.19. The maximum absolute atomic E-state index is 6.02. The van der Waals surface area contributed by atoms with Crippen LogP contribution in [-0.2, 0) is 6.54 Å². The summed E-state index contributed by atoms with van der Waals surface area (Å²) in [4.78, 5) is 9.85. The van der Waals surface area contributed by atoms with Crippen molar-refractivity contribution in [2.45, 2.75) is 6.54 Å². The zero-order chi connectivity index (χ0) is 16.5. The molecule has 0 saturated carbocycles. The molecule has 116 valence electrons. The average molecular weight is 396 g/mol. The fourth-order valence-corrected chi connectivity index (χ4v) is 3.93. The van der Waals surface area contributed by atoms with E-state index in [9.17, 15) is 0 Å². The van der Waals surface area contributed by atoms with Gasteiger partial charge >= 0.3 is 0 Å². The standard InChI is InChI=1S/C16H11BBrN5S/c17-11-9-21-23-14(20-8-10-2-1-4-19-7-10)6-13(22-16(11)23)15-12(18)3-5-24-15/h1-7,9,20H,8H2. The van der Waals surface area contributed by atoms with E-state index in [1.165, 1.54) is 0 Å². The molecule has 0 fully saturated rings. The van der Waals surface area contributed by atoms with Crippen LogP contribution in [0.2, 0.25) is 0 Å². The second-order valence-electron chi connectivity index (χ2n) is 5.17. The van der Waals surface area contributed by atoms with E-state index < -0.39 is 0 Å². The number of hydrogen-bond donors (Lipinski definition) is 1. The Hall–Kier alpha value is -2.19. The van der Waals surface area contributed by atoms with E-state index in [2.05, 4.69) is 36.3 Å². The predicted octanol–water partition coefficient (Wildman–Crippen LogP) is 3.02. The Morgan fingerprint density at radius 2 is 2.21 bits per heavy atom. The summed E-state index contributed by atoms with van der Waals surface area (Å²) in [6.45, 7) is 0.637. The minimum atomic E-state index is 0.550. The average Bonchev–Trinajstić information content (AvgIpc) is 3.20. The van der Waals surface area contributed by atoms with E-state index in [1.807, 2.05) is 35.8 Å². The lowest BCUT2D eigenvalue weighted by molar-refractivity contribution is 0.926. The van der Waals surface area contributed by atoms with E-state index >= 15 is 0 Å². The lowest BCUT2D eigenvalue weighted by Gasteiger charge is -2.10. The molecule has 1 N–H and O–H groups in total. The molecule has 2 radical (unpaired) electrons. The van der Waals surface area contributed by atoms with Gasteiger partial charge in [0.1, 0.15) is 13.7 Å². The number of anilines is 1. The van der Waals surface area contributed by atoms with Crippen LogP contribution in [0.15, 0.2) is 52.7 Å². The van der Waals surface area contributed by atoms with Crippen molar-refractivity contribution in [1.29, 1.82) is 0 Å². The quantitative estimate of drug-likeness (QED) is 0.539. The van der Waals surface area contributed by atoms with Crippen LogP contribution in [0, 0.1) is 0 Å². The smallest absolute Gasteiger partial charge is 0.150 e. The molecule has 0 aliphatic carbocycles. The van der Waals surface area contributed by atoms with Crippen LogP contribution in [-0.4, -0.2) is 27.4 Å². The van der Waals surface area contributed by atoms with Gasteiger partial charge in [-0.2, -0.15) is 9.61 Å². The Labute approximate surface area is 152 Å². The van der Waals surface area contributed by atoms with Crippen molar-refractivity contribution in [2.75, 3.05) is 5.32 Å². The molecule has 4 rings (SSSR count). The van der Waals surface area contributed by atoms with Crippen LogP contribution in [0.4, 0.5) is 5.82 Å². The van der Waals surface area contributed by atoms with Crippen LogP contribution in [0.25, 0.3) is 16.2 Å². The van der Waals surface area contributed by atoms with Crippen molar-refractivity contribution in [2.24, 2.45) is 0 Å². The first kappa shape index (κ1) is 15.3. The van der Waals surface area contributed by atoms with E-state index in [1.54, 1.807) is 28.2 Å². The highest BCUT2D eigenvalue weighted by Crippen LogP contribution is 2.33. The molecule has 0 saturated heterocycles. The number of rotatable bonds is 4. The van der Waals surface area contributed by atoms with Gasteiger partial charge in [0.25, 0.3) is 0 Å². The second-order valence-corrected chi connectivity index (χ2v) is 6.94. The predicted molar refractivity (Wildman–Crippen MR) is 101 cm³/mol. The highest BCUT2D eigenvalue weighted by Gasteiger charge is 2.13. The maximum atomic E-state index is 6.02. The van der Waals surface area contributed by atoms with Gasteiger partial charge in [-0.15, -0.1) is 11.3 Å². The van der Waals surface area contributed by atoms with Gasteiger partial charge in [0.2, 0.25) is 0 Å². The first-order valence-corrected chi connectivity index (χ1v) is 8.90. The van der Waals surface area contributed by atoms with Gasteiger partial charge < -0.3 is 5.32 Å². The Bertz CT molecular complexity index is 998. The van der Waals surface area contributed by atoms with Gasteiger partial charge in [0, 0.05) is 35.7 Å². The number of aromatic nitrogens is 4. The molecule has 8 heteroatoms. The van der Waals surface area contributed by atoms with Crippen molar-refractivity contribution in [3.8, 4) is 10.6 Å². The number of hydrogen-bond acceptors (Lipinski definition) is 5. The van der Waals surface area contributed by atoms with Gasteiger partial charge in [0.15, 0.2) is 5.65 Å². The molecule has 0 amide bonds. The zero-order valence-electron chi connectivity index (χ0n) is 12.5. The third-order valence-corrected chi connectivity index (χ3v) is 5.41. The molecule has 0 aliphatic rings. The molecule has 24 heavy (non-hydrogen) atoms. The molecule has 0 aliphatic heterocycles. The van der Waals surface area contributed by atoms with Gasteiger partial charge in [-0.05, 0) is 44.5 Å². The van der Waals surface area contributed by atoms with Gasteiger partial charge in [-0.25, -0.2) is 4.98 Å². The van der Waals surface area contributed by atoms with E-state index in [0.717, 1.165) is 26.4 Å². The van der Waals surface area contributed by atoms with Crippen LogP contribution in [0.5, 0.6) is 0 Å². The maximum Gasteiger partial charge on any atom is 0.150 e. The molecule has 0 bridgehead atoms. The highest BCUT2D eigenvalue weighted by molar-refractivity contribution is 9.10. The van der Waals surface area contributed by atoms with Crippen molar-refractivity contribution >= 4 is 52.0 Å². The second kappa shape index (κ2) is 6.37. The summed E-state index contributed by atoms with van der Waals surface area (Å²) in [6, 6.07) is 7.92. The van der Waals surface area contributed by atoms with Gasteiger partial charge in [-0.1, -0.05) is 6.07 Å². The number of nitrogens with zero attached hydrogens (tertiary/aromatic N) is 4. The number of nitrogens with one attached hydrogen (secondary N) is 1. The third kappa shape index (κ3) is 2.83. The Kier molecular flexibility index (Phi) is 4.07. The fourth-order valence-electron chi connectivity index (χ4n) is 2.39. The Morgan fingerprint density at radius 1 is 1.29 bits per heavy atom. The molecule has 0 atom stereocenters. The summed E-state index contributed by atoms with van der Waals surface area (Å²) in [6.07, 6.45) is 5.21. The molecule has 5 nitrogen and oxygen atoms in total. The van der Waals surface area contributed by atoms with Crippen LogP contribution >= 0.6 is 27.3 Å². The number of halogens is 1. The summed E-state index contributed by atoms with van der Waals surface area (Å²) in [7, 11) is 6.02. The summed E-state index contributed by atoms with van der Waals surface area (Å²) in [5, 5.41) is 9.73. The van der Waals surface area contributed by atoms with Crippen LogP contribution in [0.3, 0.4) is 0 Å². The van der Waals surface area contributed by atoms with Crippen molar-refractivity contribution < 1.29 is 0 Å². The molecular formula is C16H11BBrN5S. The zero-order valence-corrected chi connectivity index (χ0v) is 14.9. The largest absolute Gasteiger partial charge is 0.366 e. The Morgan fingerprint density at radius 3 is 2.96 bits per heavy atom. The lowest BCUT2D eigenvalue weighted by Crippen LogP contribution is -2.09. The normalized spacial score (nSPS) is 11.0. The Balaban J connectivity index is 1.77. The van der Waals surface area contributed by atoms with Crippen LogP contribution in [0.1, 0.15) is 5.56 Å².